The van der Waals surface area contributed by atoms with Gasteiger partial charge in [-0.05, 0) is 38.3 Å². The molecule has 0 unspecified atom stereocenters. The van der Waals surface area contributed by atoms with Gasteiger partial charge in [-0.2, -0.15) is 5.10 Å². The number of benzene rings is 1. The zero-order valence-electron chi connectivity index (χ0n) is 14.8. The molecular formula is C18H23N5O2. The van der Waals surface area contributed by atoms with Crippen LogP contribution in [-0.2, 0) is 16.1 Å². The summed E-state index contributed by atoms with van der Waals surface area (Å²) in [6, 6.07) is 3.71. The van der Waals surface area contributed by atoms with Crippen LogP contribution in [0.1, 0.15) is 29.5 Å². The van der Waals surface area contributed by atoms with Crippen molar-refractivity contribution in [1.29, 1.82) is 0 Å². The van der Waals surface area contributed by atoms with E-state index in [4.69, 9.17) is 0 Å². The lowest BCUT2D eigenvalue weighted by atomic mass is 10.0. The van der Waals surface area contributed by atoms with Gasteiger partial charge >= 0.3 is 0 Å². The van der Waals surface area contributed by atoms with Gasteiger partial charge in [0.2, 0.25) is 11.8 Å². The van der Waals surface area contributed by atoms with Crippen molar-refractivity contribution in [3.8, 4) is 0 Å². The van der Waals surface area contributed by atoms with Crippen LogP contribution in [0.4, 0.5) is 5.69 Å². The van der Waals surface area contributed by atoms with Gasteiger partial charge in [-0.15, -0.1) is 0 Å². The molecule has 1 aromatic heterocycles. The van der Waals surface area contributed by atoms with E-state index in [0.717, 1.165) is 16.8 Å². The van der Waals surface area contributed by atoms with Crippen molar-refractivity contribution in [3.63, 3.8) is 0 Å². The van der Waals surface area contributed by atoms with Crippen LogP contribution in [0, 0.1) is 20.8 Å². The second-order valence-corrected chi connectivity index (χ2v) is 6.55. The van der Waals surface area contributed by atoms with Gasteiger partial charge in [-0.25, -0.2) is 4.98 Å². The first-order valence-corrected chi connectivity index (χ1v) is 8.46. The summed E-state index contributed by atoms with van der Waals surface area (Å²) in [7, 11) is 0. The maximum atomic E-state index is 12.7. The van der Waals surface area contributed by atoms with Gasteiger partial charge in [-0.3, -0.25) is 14.3 Å². The molecule has 7 nitrogen and oxygen atoms in total. The fourth-order valence-electron chi connectivity index (χ4n) is 3.46. The highest BCUT2D eigenvalue weighted by Gasteiger charge is 2.34. The van der Waals surface area contributed by atoms with Gasteiger partial charge in [0.1, 0.15) is 18.7 Å². The van der Waals surface area contributed by atoms with E-state index >= 15 is 0 Å². The maximum Gasteiger partial charge on any atom is 0.249 e. The van der Waals surface area contributed by atoms with E-state index in [-0.39, 0.29) is 18.2 Å². The molecule has 132 valence electrons. The molecule has 0 radical (unpaired) electrons. The van der Waals surface area contributed by atoms with Crippen molar-refractivity contribution in [2.24, 2.45) is 0 Å². The minimum Gasteiger partial charge on any atom is -0.344 e. The standard InChI is InChI=1S/C18H23N5O2/c1-12-8-13(2)17(14(3)9-12)23-7-4-15(18(23)25)21-16(24)5-6-22-11-19-10-20-22/h8-11,15H,4-7H2,1-3H3,(H,21,24)/t15-/m1/s1. The predicted molar refractivity (Wildman–Crippen MR) is 94.2 cm³/mol. The van der Waals surface area contributed by atoms with E-state index in [1.54, 1.807) is 15.9 Å². The van der Waals surface area contributed by atoms with Crippen molar-refractivity contribution in [3.05, 3.63) is 41.5 Å². The Balaban J connectivity index is 1.63. The van der Waals surface area contributed by atoms with Gasteiger partial charge < -0.3 is 10.2 Å². The molecule has 7 heteroatoms. The predicted octanol–water partition coefficient (Wildman–Crippen LogP) is 1.52. The Kier molecular flexibility index (Phi) is 4.83. The van der Waals surface area contributed by atoms with Crippen molar-refractivity contribution in [2.75, 3.05) is 11.4 Å². The number of carbonyl (C=O) groups excluding carboxylic acids is 2. The molecule has 1 saturated heterocycles. The SMILES string of the molecule is Cc1cc(C)c(N2CC[C@@H](NC(=O)CCn3cncn3)C2=O)c(C)c1. The third-order valence-corrected chi connectivity index (χ3v) is 4.48. The number of nitrogens with zero attached hydrogens (tertiary/aromatic N) is 4. The third-order valence-electron chi connectivity index (χ3n) is 4.48. The Labute approximate surface area is 147 Å². The van der Waals surface area contributed by atoms with Crippen LogP contribution in [0.2, 0.25) is 0 Å². The molecule has 0 bridgehead atoms. The van der Waals surface area contributed by atoms with Crippen LogP contribution in [0.25, 0.3) is 0 Å². The van der Waals surface area contributed by atoms with Gasteiger partial charge in [0.25, 0.3) is 0 Å². The van der Waals surface area contributed by atoms with E-state index in [1.807, 2.05) is 20.8 Å². The average Bonchev–Trinajstić information content (AvgIpc) is 3.17. The topological polar surface area (TPSA) is 80.1 Å². The first-order valence-electron chi connectivity index (χ1n) is 8.46. The fraction of sp³-hybridized carbons (Fsp3) is 0.444. The highest BCUT2D eigenvalue weighted by molar-refractivity contribution is 6.02. The third kappa shape index (κ3) is 3.70. The van der Waals surface area contributed by atoms with Gasteiger partial charge in [0.15, 0.2) is 0 Å². The molecule has 1 aliphatic rings. The summed E-state index contributed by atoms with van der Waals surface area (Å²) in [6.07, 6.45) is 3.90. The smallest absolute Gasteiger partial charge is 0.249 e. The maximum absolute atomic E-state index is 12.7. The molecule has 2 heterocycles. The lowest BCUT2D eigenvalue weighted by Crippen LogP contribution is -2.42. The molecule has 1 aromatic carbocycles. The molecule has 1 fully saturated rings. The number of hydrogen-bond acceptors (Lipinski definition) is 4. The molecule has 1 atom stereocenters. The Hall–Kier alpha value is -2.70. The quantitative estimate of drug-likeness (QED) is 0.894. The summed E-state index contributed by atoms with van der Waals surface area (Å²) >= 11 is 0. The summed E-state index contributed by atoms with van der Waals surface area (Å²) in [4.78, 5) is 30.5. The Morgan fingerprint density at radius 1 is 1.28 bits per heavy atom. The van der Waals surface area contributed by atoms with Gasteiger partial charge in [-0.1, -0.05) is 17.7 Å². The first-order chi connectivity index (χ1) is 12.0. The highest BCUT2D eigenvalue weighted by atomic mass is 16.2. The van der Waals surface area contributed by atoms with Crippen molar-refractivity contribution in [1.82, 2.24) is 20.1 Å². The van der Waals surface area contributed by atoms with Crippen LogP contribution in [0.5, 0.6) is 0 Å². The zero-order valence-corrected chi connectivity index (χ0v) is 14.8. The first kappa shape index (κ1) is 17.1. The number of aromatic nitrogens is 3. The molecule has 1 N–H and O–H groups in total. The van der Waals surface area contributed by atoms with Crippen molar-refractivity contribution >= 4 is 17.5 Å². The largest absolute Gasteiger partial charge is 0.344 e. The normalized spacial score (nSPS) is 17.2. The van der Waals surface area contributed by atoms with Crippen molar-refractivity contribution in [2.45, 2.75) is 46.2 Å². The average molecular weight is 341 g/mol. The van der Waals surface area contributed by atoms with Crippen LogP contribution < -0.4 is 10.2 Å². The lowest BCUT2D eigenvalue weighted by Gasteiger charge is -2.22. The monoisotopic (exact) mass is 341 g/mol. The molecular weight excluding hydrogens is 318 g/mol. The minimum absolute atomic E-state index is 0.0378. The Bertz CT molecular complexity index is 762. The molecule has 0 saturated carbocycles. The van der Waals surface area contributed by atoms with Crippen molar-refractivity contribution < 1.29 is 9.59 Å². The molecule has 25 heavy (non-hydrogen) atoms. The minimum atomic E-state index is -0.455. The van der Waals surface area contributed by atoms with E-state index in [2.05, 4.69) is 27.5 Å². The number of aryl methyl sites for hydroxylation is 4. The number of hydrogen-bond donors (Lipinski definition) is 1. The molecule has 2 amide bonds. The summed E-state index contributed by atoms with van der Waals surface area (Å²) in [5, 5.41) is 6.81. The molecule has 0 spiro atoms. The number of carbonyl (C=O) groups is 2. The van der Waals surface area contributed by atoms with E-state index in [0.29, 0.717) is 19.5 Å². The molecule has 0 aliphatic carbocycles. The van der Waals surface area contributed by atoms with Gasteiger partial charge in [0, 0.05) is 18.7 Å². The summed E-state index contributed by atoms with van der Waals surface area (Å²) < 4.78 is 1.60. The van der Waals surface area contributed by atoms with Crippen LogP contribution >= 0.6 is 0 Å². The van der Waals surface area contributed by atoms with E-state index in [9.17, 15) is 9.59 Å². The fourth-order valence-corrected chi connectivity index (χ4v) is 3.46. The summed E-state index contributed by atoms with van der Waals surface area (Å²) in [5.74, 6) is -0.183. The second kappa shape index (κ2) is 7.04. The van der Waals surface area contributed by atoms with Gasteiger partial charge in [0.05, 0.1) is 6.54 Å². The number of nitrogens with one attached hydrogen (secondary N) is 1. The number of rotatable bonds is 5. The zero-order chi connectivity index (χ0) is 18.0. The van der Waals surface area contributed by atoms with Crippen LogP contribution in [-0.4, -0.2) is 39.2 Å². The highest BCUT2D eigenvalue weighted by Crippen LogP contribution is 2.30. The number of amides is 2. The van der Waals surface area contributed by atoms with E-state index in [1.165, 1.54) is 11.9 Å². The number of anilines is 1. The van der Waals surface area contributed by atoms with Crippen LogP contribution in [0.3, 0.4) is 0 Å². The lowest BCUT2D eigenvalue weighted by molar-refractivity contribution is -0.126. The Morgan fingerprint density at radius 2 is 2.00 bits per heavy atom. The molecule has 1 aliphatic heterocycles. The second-order valence-electron chi connectivity index (χ2n) is 6.55. The van der Waals surface area contributed by atoms with E-state index < -0.39 is 6.04 Å². The van der Waals surface area contributed by atoms with Crippen LogP contribution in [0.15, 0.2) is 24.8 Å². The Morgan fingerprint density at radius 3 is 2.64 bits per heavy atom. The summed E-state index contributed by atoms with van der Waals surface area (Å²) in [5.41, 5.74) is 4.33. The molecule has 2 aromatic rings. The summed E-state index contributed by atoms with van der Waals surface area (Å²) in [6.45, 7) is 7.16. The molecule has 3 rings (SSSR count).